The van der Waals surface area contributed by atoms with E-state index in [-0.39, 0.29) is 24.3 Å². The summed E-state index contributed by atoms with van der Waals surface area (Å²) in [7, 11) is -3.65. The predicted octanol–water partition coefficient (Wildman–Crippen LogP) is 6.39. The van der Waals surface area contributed by atoms with E-state index < -0.39 is 25.1 Å². The summed E-state index contributed by atoms with van der Waals surface area (Å²) in [5.74, 6) is -0.923. The molecule has 1 heterocycles. The first-order chi connectivity index (χ1) is 13.0. The van der Waals surface area contributed by atoms with Gasteiger partial charge in [0.15, 0.2) is 5.78 Å². The Morgan fingerprint density at radius 3 is 2.25 bits per heavy atom. The van der Waals surface area contributed by atoms with E-state index in [0.29, 0.717) is 5.56 Å². The molecule has 0 aliphatic carbocycles. The summed E-state index contributed by atoms with van der Waals surface area (Å²) in [6.45, 7) is 6.24. The van der Waals surface area contributed by atoms with E-state index in [1.165, 1.54) is 12.1 Å². The Kier molecular flexibility index (Phi) is 5.63. The van der Waals surface area contributed by atoms with Gasteiger partial charge in [0, 0.05) is 11.1 Å². The van der Waals surface area contributed by atoms with Crippen LogP contribution in [0.2, 0.25) is 0 Å². The average Bonchev–Trinajstić information content (AvgIpc) is 2.63. The van der Waals surface area contributed by atoms with Gasteiger partial charge in [-0.1, -0.05) is 49.7 Å². The third kappa shape index (κ3) is 4.77. The number of aryl methyl sites for hydroxylation is 1. The molecule has 1 atom stereocenters. The zero-order valence-electron chi connectivity index (χ0n) is 15.9. The van der Waals surface area contributed by atoms with Crippen LogP contribution in [0.4, 0.5) is 18.9 Å². The molecule has 152 valence electrons. The number of anilines is 1. The van der Waals surface area contributed by atoms with Crippen molar-refractivity contribution in [2.75, 3.05) is 18.5 Å². The Morgan fingerprint density at radius 2 is 1.68 bits per heavy atom. The van der Waals surface area contributed by atoms with Crippen LogP contribution in [0.15, 0.2) is 48.5 Å². The SMILES string of the molecule is Cc1ccc(C(Nc2cccc(C(F)(F)F)c2)P2(=O)OCC(C)(C)CO2)cc1. The highest BCUT2D eigenvalue weighted by Crippen LogP contribution is 2.64. The van der Waals surface area contributed by atoms with E-state index in [0.717, 1.165) is 17.7 Å². The molecule has 2 aromatic carbocycles. The van der Waals surface area contributed by atoms with Crippen molar-refractivity contribution >= 4 is 13.3 Å². The summed E-state index contributed by atoms with van der Waals surface area (Å²) in [4.78, 5) is 0. The average molecular weight is 413 g/mol. The van der Waals surface area contributed by atoms with Gasteiger partial charge < -0.3 is 14.4 Å². The highest BCUT2D eigenvalue weighted by atomic mass is 31.2. The van der Waals surface area contributed by atoms with Gasteiger partial charge in [0.25, 0.3) is 0 Å². The maximum absolute atomic E-state index is 13.5. The van der Waals surface area contributed by atoms with Gasteiger partial charge in [0.2, 0.25) is 0 Å². The Balaban J connectivity index is 1.96. The minimum absolute atomic E-state index is 0.188. The molecule has 8 heteroatoms. The topological polar surface area (TPSA) is 47.6 Å². The van der Waals surface area contributed by atoms with Crippen LogP contribution in [-0.4, -0.2) is 13.2 Å². The lowest BCUT2D eigenvalue weighted by Gasteiger charge is -2.38. The second kappa shape index (κ2) is 7.54. The lowest BCUT2D eigenvalue weighted by atomic mass is 9.97. The fourth-order valence-corrected chi connectivity index (χ4v) is 5.07. The first kappa shape index (κ1) is 20.9. The molecule has 1 fully saturated rings. The van der Waals surface area contributed by atoms with E-state index in [9.17, 15) is 17.7 Å². The van der Waals surface area contributed by atoms with Gasteiger partial charge in [-0.3, -0.25) is 4.57 Å². The second-order valence-corrected chi connectivity index (χ2v) is 9.90. The van der Waals surface area contributed by atoms with Gasteiger partial charge >= 0.3 is 13.8 Å². The molecular formula is C20H23F3NO3P. The number of halogens is 3. The smallest absolute Gasteiger partial charge is 0.368 e. The van der Waals surface area contributed by atoms with Crippen molar-refractivity contribution in [3.63, 3.8) is 0 Å². The monoisotopic (exact) mass is 413 g/mol. The fraction of sp³-hybridized carbons (Fsp3) is 0.400. The van der Waals surface area contributed by atoms with Crippen LogP contribution in [0.25, 0.3) is 0 Å². The Labute approximate surface area is 162 Å². The maximum Gasteiger partial charge on any atom is 0.416 e. The van der Waals surface area contributed by atoms with Crippen LogP contribution in [0.1, 0.15) is 36.3 Å². The third-order valence-electron chi connectivity index (χ3n) is 4.47. The predicted molar refractivity (Wildman–Crippen MR) is 102 cm³/mol. The third-order valence-corrected chi connectivity index (χ3v) is 6.51. The molecule has 2 aromatic rings. The van der Waals surface area contributed by atoms with Crippen LogP contribution < -0.4 is 5.32 Å². The number of rotatable bonds is 4. The summed E-state index contributed by atoms with van der Waals surface area (Å²) in [5.41, 5.74) is 0.734. The van der Waals surface area contributed by atoms with Gasteiger partial charge in [-0.05, 0) is 30.7 Å². The molecule has 0 spiro atoms. The molecule has 1 aliphatic rings. The normalized spacial score (nSPS) is 19.8. The van der Waals surface area contributed by atoms with Crippen LogP contribution in [-0.2, 0) is 19.8 Å². The van der Waals surface area contributed by atoms with E-state index in [1.807, 2.05) is 32.9 Å². The van der Waals surface area contributed by atoms with Gasteiger partial charge in [-0.25, -0.2) is 0 Å². The van der Waals surface area contributed by atoms with Crippen molar-refractivity contribution in [2.24, 2.45) is 5.41 Å². The highest BCUT2D eigenvalue weighted by molar-refractivity contribution is 7.54. The van der Waals surface area contributed by atoms with Gasteiger partial charge in [0.05, 0.1) is 18.8 Å². The van der Waals surface area contributed by atoms with Crippen molar-refractivity contribution in [3.8, 4) is 0 Å². The van der Waals surface area contributed by atoms with E-state index in [1.54, 1.807) is 12.1 Å². The first-order valence-corrected chi connectivity index (χ1v) is 10.5. The highest BCUT2D eigenvalue weighted by Gasteiger charge is 2.44. The number of benzene rings is 2. The lowest BCUT2D eigenvalue weighted by molar-refractivity contribution is -0.137. The molecule has 4 nitrogen and oxygen atoms in total. The number of alkyl halides is 3. The van der Waals surface area contributed by atoms with E-state index in [4.69, 9.17) is 9.05 Å². The van der Waals surface area contributed by atoms with Crippen LogP contribution in [0.5, 0.6) is 0 Å². The summed E-state index contributed by atoms with van der Waals surface area (Å²) in [6, 6.07) is 12.0. The summed E-state index contributed by atoms with van der Waals surface area (Å²) < 4.78 is 63.9. The lowest BCUT2D eigenvalue weighted by Crippen LogP contribution is -2.31. The van der Waals surface area contributed by atoms with Gasteiger partial charge in [0.1, 0.15) is 0 Å². The van der Waals surface area contributed by atoms with Crippen molar-refractivity contribution in [3.05, 3.63) is 65.2 Å². The number of nitrogens with one attached hydrogen (secondary N) is 1. The van der Waals surface area contributed by atoms with Gasteiger partial charge in [-0.2, -0.15) is 13.2 Å². The number of hydrogen-bond acceptors (Lipinski definition) is 4. The minimum Gasteiger partial charge on any atom is -0.368 e. The first-order valence-electron chi connectivity index (χ1n) is 8.88. The molecular weight excluding hydrogens is 390 g/mol. The van der Waals surface area contributed by atoms with Crippen LogP contribution in [0.3, 0.4) is 0 Å². The summed E-state index contributed by atoms with van der Waals surface area (Å²) in [5, 5.41) is 2.95. The zero-order chi connectivity index (χ0) is 20.6. The Morgan fingerprint density at radius 1 is 1.07 bits per heavy atom. The van der Waals surface area contributed by atoms with Crippen LogP contribution >= 0.6 is 7.60 Å². The van der Waals surface area contributed by atoms with Crippen molar-refractivity contribution in [1.82, 2.24) is 0 Å². The summed E-state index contributed by atoms with van der Waals surface area (Å²) in [6.07, 6.45) is -4.47. The summed E-state index contributed by atoms with van der Waals surface area (Å²) >= 11 is 0. The molecule has 0 aromatic heterocycles. The quantitative estimate of drug-likeness (QED) is 0.590. The van der Waals surface area contributed by atoms with Crippen molar-refractivity contribution in [2.45, 2.75) is 32.7 Å². The fourth-order valence-electron chi connectivity index (χ4n) is 2.79. The molecule has 3 rings (SSSR count). The zero-order valence-corrected chi connectivity index (χ0v) is 16.8. The molecule has 1 aliphatic heterocycles. The molecule has 1 saturated heterocycles. The molecule has 0 saturated carbocycles. The molecule has 0 bridgehead atoms. The molecule has 0 amide bonds. The van der Waals surface area contributed by atoms with E-state index >= 15 is 0 Å². The Hall–Kier alpha value is -1.82. The van der Waals surface area contributed by atoms with Crippen molar-refractivity contribution < 1.29 is 26.8 Å². The van der Waals surface area contributed by atoms with Crippen molar-refractivity contribution in [1.29, 1.82) is 0 Å². The standard InChI is InChI=1S/C20H23F3NO3P/c1-14-7-9-15(10-8-14)18(28(25)26-12-19(2,3)13-27-28)24-17-6-4-5-16(11-17)20(21,22)23/h4-11,18,24H,12-13H2,1-3H3. The maximum atomic E-state index is 13.5. The number of hydrogen-bond donors (Lipinski definition) is 1. The Bertz CT molecular complexity index is 867. The molecule has 1 unspecified atom stereocenters. The minimum atomic E-state index is -4.47. The van der Waals surface area contributed by atoms with Gasteiger partial charge in [-0.15, -0.1) is 0 Å². The van der Waals surface area contributed by atoms with E-state index in [2.05, 4.69) is 5.32 Å². The molecule has 28 heavy (non-hydrogen) atoms. The largest absolute Gasteiger partial charge is 0.416 e. The second-order valence-electron chi connectivity index (χ2n) is 7.79. The van der Waals surface area contributed by atoms with Crippen LogP contribution in [0, 0.1) is 12.3 Å². The molecule has 1 N–H and O–H groups in total. The molecule has 0 radical (unpaired) electrons.